The summed E-state index contributed by atoms with van der Waals surface area (Å²) in [7, 11) is 3.75. The maximum Gasteiger partial charge on any atom is 0.573 e. The number of hydrogen-bond donors (Lipinski definition) is 3. The molecule has 16 rings (SSSR count). The minimum atomic E-state index is -4.94. The van der Waals surface area contributed by atoms with Crippen LogP contribution in [0.25, 0.3) is 0 Å². The summed E-state index contributed by atoms with van der Waals surface area (Å²) in [6.45, 7) is 16.8. The number of halogens is 17. The average Bonchev–Trinajstić information content (AvgIpc) is 1.64. The minimum Gasteiger partial charge on any atom is -0.506 e. The van der Waals surface area contributed by atoms with E-state index in [1.54, 1.807) is 81.4 Å². The van der Waals surface area contributed by atoms with Gasteiger partial charge in [0, 0.05) is 147 Å². The third-order valence-corrected chi connectivity index (χ3v) is 25.9. The number of ketones is 2. The average molecular weight is 1860 g/mol. The Morgan fingerprint density at radius 2 is 0.852 bits per heavy atom. The number of ether oxygens (including phenoxy) is 3. The number of phenols is 1. The fraction of sp³-hybridized carbons (Fsp3) is 0.483. The third kappa shape index (κ3) is 19.8. The first-order valence-corrected chi connectivity index (χ1v) is 42.5. The molecule has 0 atom stereocenters. The molecule has 0 bridgehead atoms. The number of hydrogen-bond acceptors (Lipinski definition) is 14. The number of para-hydroxylation sites is 1. The Balaban J connectivity index is 0.000000180. The molecule has 12 heterocycles. The van der Waals surface area contributed by atoms with Gasteiger partial charge in [0.1, 0.15) is 34.4 Å². The van der Waals surface area contributed by atoms with Crippen LogP contribution >= 0.6 is 23.2 Å². The number of Topliss-reactive ketones (excluding diaryl/α,β-unsaturated/α-hetero) is 2. The number of carbonyl (C=O) groups excluding carboxylic acids is 6. The zero-order chi connectivity index (χ0) is 93.1. The fourth-order valence-electron chi connectivity index (χ4n) is 19.1. The summed E-state index contributed by atoms with van der Waals surface area (Å²) in [5, 5.41) is 17.3. The number of alkyl halides is 15. The highest BCUT2D eigenvalue weighted by Gasteiger charge is 2.54. The second-order valence-electron chi connectivity index (χ2n) is 34.5. The Bertz CT molecular complexity index is 5450. The van der Waals surface area contributed by atoms with E-state index < -0.39 is 93.4 Å². The SMILES string of the molecule is CC(C)Oc1ccc(C(=O)N2CCC3(CC2)NC(C)(C)Cn2c(C(=O)C(F)(F)F)ccc23)cc1Cl.CC(C)Oc1ccc(C(=O)N2CCC3(CC2)NCCn2c(C(F)(F)F)ccc23)cc1.CN1CCn2c(C(=O)C(F)(F)F)ccc2C12CCN(C(=O)c1ccc(Cl)c(O)c1)CC2.CN1CCn2c(C(F)(F)F)ccc2C12CCN(C(=O)c1ccccc1OC(F)(F)F)CC2.[HH].[HH].[HH]. The highest BCUT2D eigenvalue weighted by molar-refractivity contribution is 6.32. The molecule has 8 aliphatic heterocycles. The summed E-state index contributed by atoms with van der Waals surface area (Å²) in [6, 6.07) is 32.5. The van der Waals surface area contributed by atoms with E-state index in [4.69, 9.17) is 32.7 Å². The van der Waals surface area contributed by atoms with Gasteiger partial charge in [0.25, 0.3) is 35.2 Å². The zero-order valence-corrected chi connectivity index (χ0v) is 72.7. The van der Waals surface area contributed by atoms with E-state index in [0.717, 1.165) is 12.1 Å². The van der Waals surface area contributed by atoms with Gasteiger partial charge in [0.05, 0.1) is 61.4 Å². The number of aromatic hydroxyl groups is 1. The fourth-order valence-corrected chi connectivity index (χ4v) is 19.5. The number of benzene rings is 4. The lowest BCUT2D eigenvalue weighted by atomic mass is 9.79. The molecular weight excluding hydrogens is 1750 g/mol. The van der Waals surface area contributed by atoms with Crippen LogP contribution in [0.3, 0.4) is 0 Å². The lowest BCUT2D eigenvalue weighted by Gasteiger charge is -2.51. The molecule has 4 saturated heterocycles. The van der Waals surface area contributed by atoms with Crippen molar-refractivity contribution in [3.05, 3.63) is 211 Å². The maximum absolute atomic E-state index is 13.4. The smallest absolute Gasteiger partial charge is 0.506 e. The molecule has 0 radical (unpaired) electrons. The molecule has 22 nitrogen and oxygen atoms in total. The van der Waals surface area contributed by atoms with E-state index in [0.29, 0.717) is 179 Å². The van der Waals surface area contributed by atoms with E-state index in [2.05, 4.69) is 20.3 Å². The van der Waals surface area contributed by atoms with Crippen molar-refractivity contribution in [1.29, 1.82) is 0 Å². The Morgan fingerprint density at radius 1 is 0.430 bits per heavy atom. The molecule has 4 spiro atoms. The van der Waals surface area contributed by atoms with Crippen LogP contribution < -0.4 is 24.8 Å². The lowest BCUT2D eigenvalue weighted by Crippen LogP contribution is -2.63. The predicted molar refractivity (Wildman–Crippen MR) is 448 cm³/mol. The van der Waals surface area contributed by atoms with E-state index in [1.165, 1.54) is 77.8 Å². The van der Waals surface area contributed by atoms with Crippen LogP contribution in [0.4, 0.5) is 65.9 Å². The Hall–Kier alpha value is -10.2. The van der Waals surface area contributed by atoms with Gasteiger partial charge in [-0.3, -0.25) is 43.9 Å². The van der Waals surface area contributed by atoms with Crippen LogP contribution in [-0.2, 0) is 60.7 Å². The standard InChI is InChI=1S/C25H29ClF3N3O3.C22H26F3N3O2.C21H21ClF3N3O3.C21H21F6N3O2.3H2/c1-15(2)35-19-7-5-16(13-17(19)26)22(34)31-11-9-24(10-12-31)20-8-6-18(21(33)25(27,28)29)32(20)14-23(3,4)30-24;1-15(2)30-17-5-3-16(4-6-17)20(29)27-12-9-21(10-13-27)18-7-8-19(22(23,24)25)28(18)14-11-26-21;1-26-10-11-28-15(18(30)21(23,24)25)4-5-17(28)20(26)6-8-27(9-7-20)19(31)13-2-3-14(22)16(29)12-13;1-28-12-13-30-16(6-7-17(30)20(22,23)24)19(28)8-10-29(11-9-19)18(31)14-4-2-3-5-15(14)32-21(25,26)27;;;/h5-8,13,15,30H,9-12,14H2,1-4H3;3-8,15,26H,9-14H2,1-2H3;2-5,12,29H,6-11H2,1H3;2-7H,8-13H2,1H3;3*1H. The molecule has 3 N–H and O–H groups in total. The van der Waals surface area contributed by atoms with Gasteiger partial charge < -0.3 is 62.5 Å². The second kappa shape index (κ2) is 36.3. The van der Waals surface area contributed by atoms with Crippen LogP contribution in [0.1, 0.15) is 194 Å². The number of rotatable bonds is 11. The molecule has 0 unspecified atom stereocenters. The largest absolute Gasteiger partial charge is 0.573 e. The zero-order valence-electron chi connectivity index (χ0n) is 71.1. The van der Waals surface area contributed by atoms with Gasteiger partial charge in [-0.25, -0.2) is 0 Å². The molecule has 0 saturated carbocycles. The summed E-state index contributed by atoms with van der Waals surface area (Å²) < 4.78 is 218. The lowest BCUT2D eigenvalue weighted by molar-refractivity contribution is -0.274. The first-order chi connectivity index (χ1) is 59.9. The second-order valence-corrected chi connectivity index (χ2v) is 35.3. The van der Waals surface area contributed by atoms with Gasteiger partial charge in [0.15, 0.2) is 0 Å². The van der Waals surface area contributed by atoms with Crippen molar-refractivity contribution in [2.75, 3.05) is 86.1 Å². The quantitative estimate of drug-likeness (QED) is 0.0812. The summed E-state index contributed by atoms with van der Waals surface area (Å²) in [6.07, 6.45) is -19.7. The minimum absolute atomic E-state index is 0. The Kier molecular flexibility index (Phi) is 27.0. The van der Waals surface area contributed by atoms with Crippen LogP contribution in [0.5, 0.6) is 23.0 Å². The first kappa shape index (κ1) is 95.4. The molecule has 8 aromatic rings. The highest BCUT2D eigenvalue weighted by atomic mass is 35.5. The number of piperidine rings is 4. The van der Waals surface area contributed by atoms with Crippen LogP contribution in [0, 0.1) is 0 Å². The van der Waals surface area contributed by atoms with Crippen molar-refractivity contribution in [1.82, 2.24) is 58.3 Å². The number of phenolic OH excluding ortho intramolecular Hbond substituents is 1. The van der Waals surface area contributed by atoms with Crippen LogP contribution in [0.15, 0.2) is 133 Å². The third-order valence-electron chi connectivity index (χ3n) is 25.2. The van der Waals surface area contributed by atoms with E-state index in [1.807, 2.05) is 60.5 Å². The van der Waals surface area contributed by atoms with E-state index in [-0.39, 0.29) is 88.1 Å². The Labute approximate surface area is 742 Å². The summed E-state index contributed by atoms with van der Waals surface area (Å²) in [5.74, 6) is -4.30. The van der Waals surface area contributed by atoms with Crippen molar-refractivity contribution >= 4 is 58.4 Å². The molecule has 0 aliphatic carbocycles. The van der Waals surface area contributed by atoms with Gasteiger partial charge in [-0.2, -0.15) is 52.7 Å². The molecule has 698 valence electrons. The van der Waals surface area contributed by atoms with Gasteiger partial charge in [-0.05, 0) is 228 Å². The van der Waals surface area contributed by atoms with Crippen molar-refractivity contribution in [2.45, 2.75) is 190 Å². The molecule has 4 fully saturated rings. The van der Waals surface area contributed by atoms with Crippen molar-refractivity contribution in [2.24, 2.45) is 0 Å². The van der Waals surface area contributed by atoms with Gasteiger partial charge >= 0.3 is 31.1 Å². The number of likely N-dealkylation sites (N-methyl/N-ethyl adjacent to an activating group) is 2. The highest BCUT2D eigenvalue weighted by Crippen LogP contribution is 2.49. The van der Waals surface area contributed by atoms with Gasteiger partial charge in [-0.1, -0.05) is 35.3 Å². The molecule has 4 amide bonds. The number of fused-ring (bicyclic) bond motifs is 8. The molecule has 4 aromatic heterocycles. The first-order valence-electron chi connectivity index (χ1n) is 41.8. The number of nitrogens with zero attached hydrogens (tertiary/aromatic N) is 10. The number of aromatic nitrogens is 4. The van der Waals surface area contributed by atoms with E-state index in [9.17, 15) is 99.7 Å². The number of amides is 4. The predicted octanol–water partition coefficient (Wildman–Crippen LogP) is 18.1. The molecule has 39 heteroatoms. The number of likely N-dealkylation sites (tertiary alicyclic amines) is 4. The van der Waals surface area contributed by atoms with Gasteiger partial charge in [-0.15, -0.1) is 13.2 Å². The Morgan fingerprint density at radius 3 is 1.35 bits per heavy atom. The molecule has 4 aromatic carbocycles. The van der Waals surface area contributed by atoms with Crippen LogP contribution in [-0.4, -0.2) is 211 Å². The molecule has 128 heavy (non-hydrogen) atoms. The summed E-state index contributed by atoms with van der Waals surface area (Å²) >= 11 is 12.1. The monoisotopic (exact) mass is 1850 g/mol. The van der Waals surface area contributed by atoms with Gasteiger partial charge in [0.2, 0.25) is 0 Å². The molecule has 8 aliphatic rings. The summed E-state index contributed by atoms with van der Waals surface area (Å²) in [5.41, 5.74) is -1.25. The number of nitrogens with one attached hydrogen (secondary N) is 2. The maximum atomic E-state index is 13.4. The van der Waals surface area contributed by atoms with Crippen molar-refractivity contribution < 1.29 is 118 Å². The van der Waals surface area contributed by atoms with Crippen LogP contribution in [0.2, 0.25) is 10.0 Å². The topological polar surface area (TPSA) is 214 Å². The summed E-state index contributed by atoms with van der Waals surface area (Å²) in [4.78, 5) is 86.4. The number of carbonyl (C=O) groups is 6. The van der Waals surface area contributed by atoms with Crippen molar-refractivity contribution in [3.8, 4) is 23.0 Å². The normalized spacial score (nSPS) is 18.9. The van der Waals surface area contributed by atoms with E-state index >= 15 is 0 Å². The van der Waals surface area contributed by atoms with Crippen molar-refractivity contribution in [3.63, 3.8) is 0 Å². The molecular formula is C89H103Cl2F15N12O10.